The first-order valence-corrected chi connectivity index (χ1v) is 7.04. The van der Waals surface area contributed by atoms with Crippen LogP contribution in [0.25, 0.3) is 0 Å². The Morgan fingerprint density at radius 3 is 2.17 bits per heavy atom. The number of halogens is 1. The molecule has 1 rings (SSSR count). The first kappa shape index (κ1) is 15.5. The molecule has 0 radical (unpaired) electrons. The second-order valence-corrected chi connectivity index (χ2v) is 5.65. The van der Waals surface area contributed by atoms with Crippen LogP contribution in [0.15, 0.2) is 24.3 Å². The molecular formula is C15H25ClN2. The third-order valence-corrected chi connectivity index (χ3v) is 4.24. The molecule has 1 unspecified atom stereocenters. The van der Waals surface area contributed by atoms with Crippen molar-refractivity contribution < 1.29 is 0 Å². The maximum Gasteiger partial charge on any atom is 0.0406 e. The second kappa shape index (κ2) is 6.55. The minimum Gasteiger partial charge on any atom is -0.324 e. The van der Waals surface area contributed by atoms with Crippen molar-refractivity contribution in [3.63, 3.8) is 0 Å². The maximum atomic E-state index is 6.37. The topological polar surface area (TPSA) is 29.3 Å². The fourth-order valence-electron chi connectivity index (χ4n) is 2.10. The van der Waals surface area contributed by atoms with Crippen molar-refractivity contribution in [2.75, 3.05) is 13.6 Å². The standard InChI is InChI=1S/C15H25ClN2/c1-5-15(17,6-2)11-18(4)12(3)13-7-9-14(16)10-8-13/h7-10,12H,5-6,11,17H2,1-4H3. The highest BCUT2D eigenvalue weighted by molar-refractivity contribution is 6.30. The zero-order valence-corrected chi connectivity index (χ0v) is 12.7. The molecule has 2 N–H and O–H groups in total. The second-order valence-electron chi connectivity index (χ2n) is 5.21. The van der Waals surface area contributed by atoms with Gasteiger partial charge in [0.1, 0.15) is 0 Å². The normalized spacial score (nSPS) is 13.9. The molecule has 0 amide bonds. The van der Waals surface area contributed by atoms with Crippen molar-refractivity contribution in [2.45, 2.75) is 45.2 Å². The van der Waals surface area contributed by atoms with E-state index in [9.17, 15) is 0 Å². The Morgan fingerprint density at radius 1 is 1.22 bits per heavy atom. The molecule has 1 atom stereocenters. The molecule has 18 heavy (non-hydrogen) atoms. The summed E-state index contributed by atoms with van der Waals surface area (Å²) in [7, 11) is 2.13. The third kappa shape index (κ3) is 3.98. The summed E-state index contributed by atoms with van der Waals surface area (Å²) in [6, 6.07) is 8.40. The van der Waals surface area contributed by atoms with Crippen LogP contribution in [-0.4, -0.2) is 24.0 Å². The van der Waals surface area contributed by atoms with Crippen LogP contribution in [0.4, 0.5) is 0 Å². The van der Waals surface area contributed by atoms with Gasteiger partial charge in [0.05, 0.1) is 0 Å². The highest BCUT2D eigenvalue weighted by Crippen LogP contribution is 2.23. The van der Waals surface area contributed by atoms with Crippen molar-refractivity contribution in [1.82, 2.24) is 4.90 Å². The van der Waals surface area contributed by atoms with E-state index in [1.807, 2.05) is 12.1 Å². The molecule has 3 heteroatoms. The predicted octanol–water partition coefficient (Wildman–Crippen LogP) is 3.85. The van der Waals surface area contributed by atoms with Gasteiger partial charge in [0.15, 0.2) is 0 Å². The highest BCUT2D eigenvalue weighted by atomic mass is 35.5. The molecule has 0 aliphatic rings. The van der Waals surface area contributed by atoms with E-state index in [0.29, 0.717) is 6.04 Å². The molecule has 1 aromatic carbocycles. The summed E-state index contributed by atoms with van der Waals surface area (Å²) >= 11 is 5.91. The average molecular weight is 269 g/mol. The van der Waals surface area contributed by atoms with Gasteiger partial charge in [-0.2, -0.15) is 0 Å². The highest BCUT2D eigenvalue weighted by Gasteiger charge is 2.24. The molecule has 2 nitrogen and oxygen atoms in total. The lowest BCUT2D eigenvalue weighted by Crippen LogP contribution is -2.48. The lowest BCUT2D eigenvalue weighted by molar-refractivity contribution is 0.190. The van der Waals surface area contributed by atoms with Crippen molar-refractivity contribution >= 4 is 11.6 Å². The van der Waals surface area contributed by atoms with Crippen LogP contribution in [-0.2, 0) is 0 Å². The molecule has 0 spiro atoms. The van der Waals surface area contributed by atoms with Gasteiger partial charge in [0.2, 0.25) is 0 Å². The van der Waals surface area contributed by atoms with Gasteiger partial charge in [-0.05, 0) is 44.5 Å². The largest absolute Gasteiger partial charge is 0.324 e. The lowest BCUT2D eigenvalue weighted by atomic mass is 9.92. The molecular weight excluding hydrogens is 244 g/mol. The molecule has 0 aliphatic heterocycles. The minimum atomic E-state index is -0.0879. The Labute approximate surface area is 116 Å². The van der Waals surface area contributed by atoms with Crippen molar-refractivity contribution in [2.24, 2.45) is 5.73 Å². The molecule has 0 aliphatic carbocycles. The number of nitrogens with zero attached hydrogens (tertiary/aromatic N) is 1. The van der Waals surface area contributed by atoms with Crippen LogP contribution in [0.3, 0.4) is 0 Å². The summed E-state index contributed by atoms with van der Waals surface area (Å²) in [6.45, 7) is 7.42. The van der Waals surface area contributed by atoms with E-state index in [-0.39, 0.29) is 5.54 Å². The van der Waals surface area contributed by atoms with E-state index < -0.39 is 0 Å². The van der Waals surface area contributed by atoms with E-state index >= 15 is 0 Å². The fourth-order valence-corrected chi connectivity index (χ4v) is 2.23. The molecule has 0 bridgehead atoms. The first-order chi connectivity index (χ1) is 8.41. The first-order valence-electron chi connectivity index (χ1n) is 6.66. The average Bonchev–Trinajstić information content (AvgIpc) is 2.38. The lowest BCUT2D eigenvalue weighted by Gasteiger charge is -2.35. The van der Waals surface area contributed by atoms with Crippen LogP contribution in [0.5, 0.6) is 0 Å². The molecule has 0 fully saturated rings. The molecule has 0 saturated carbocycles. The Balaban J connectivity index is 2.72. The minimum absolute atomic E-state index is 0.0879. The van der Waals surface area contributed by atoms with E-state index in [1.165, 1.54) is 5.56 Å². The third-order valence-electron chi connectivity index (χ3n) is 3.99. The number of benzene rings is 1. The van der Waals surface area contributed by atoms with E-state index in [4.69, 9.17) is 17.3 Å². The molecule has 0 aromatic heterocycles. The van der Waals surface area contributed by atoms with Gasteiger partial charge >= 0.3 is 0 Å². The molecule has 0 saturated heterocycles. The number of hydrogen-bond donors (Lipinski definition) is 1. The Kier molecular flexibility index (Phi) is 5.64. The summed E-state index contributed by atoms with van der Waals surface area (Å²) in [6.07, 6.45) is 2.00. The van der Waals surface area contributed by atoms with Gasteiger partial charge in [-0.15, -0.1) is 0 Å². The van der Waals surface area contributed by atoms with Gasteiger partial charge in [-0.3, -0.25) is 4.90 Å². The zero-order chi connectivity index (χ0) is 13.8. The SMILES string of the molecule is CCC(N)(CC)CN(C)C(C)c1ccc(Cl)cc1. The smallest absolute Gasteiger partial charge is 0.0406 e. The van der Waals surface area contributed by atoms with E-state index in [1.54, 1.807) is 0 Å². The summed E-state index contributed by atoms with van der Waals surface area (Å²) < 4.78 is 0. The van der Waals surface area contributed by atoms with Crippen LogP contribution in [0, 0.1) is 0 Å². The van der Waals surface area contributed by atoms with Crippen LogP contribution in [0.2, 0.25) is 5.02 Å². The number of hydrogen-bond acceptors (Lipinski definition) is 2. The van der Waals surface area contributed by atoms with Crippen molar-refractivity contribution in [3.05, 3.63) is 34.9 Å². The van der Waals surface area contributed by atoms with Crippen LogP contribution < -0.4 is 5.73 Å². The summed E-state index contributed by atoms with van der Waals surface area (Å²) in [5, 5.41) is 0.781. The van der Waals surface area contributed by atoms with Crippen LogP contribution >= 0.6 is 11.6 Å². The van der Waals surface area contributed by atoms with Gasteiger partial charge < -0.3 is 5.73 Å². The van der Waals surface area contributed by atoms with Gasteiger partial charge in [-0.25, -0.2) is 0 Å². The van der Waals surface area contributed by atoms with Gasteiger partial charge in [0, 0.05) is 23.1 Å². The zero-order valence-electron chi connectivity index (χ0n) is 11.9. The van der Waals surface area contributed by atoms with Crippen LogP contribution in [0.1, 0.15) is 45.2 Å². The molecule has 102 valence electrons. The number of rotatable bonds is 6. The summed E-state index contributed by atoms with van der Waals surface area (Å²) in [4.78, 5) is 2.32. The Hall–Kier alpha value is -0.570. The maximum absolute atomic E-state index is 6.37. The van der Waals surface area contributed by atoms with E-state index in [2.05, 4.69) is 44.9 Å². The molecule has 1 aromatic rings. The number of likely N-dealkylation sites (N-methyl/N-ethyl adjacent to an activating group) is 1. The van der Waals surface area contributed by atoms with Crippen molar-refractivity contribution in [1.29, 1.82) is 0 Å². The predicted molar refractivity (Wildman–Crippen MR) is 80.0 cm³/mol. The van der Waals surface area contributed by atoms with Gasteiger partial charge in [-0.1, -0.05) is 37.6 Å². The summed E-state index contributed by atoms with van der Waals surface area (Å²) in [5.74, 6) is 0. The van der Waals surface area contributed by atoms with E-state index in [0.717, 1.165) is 24.4 Å². The Morgan fingerprint density at radius 2 is 1.72 bits per heavy atom. The molecule has 0 heterocycles. The monoisotopic (exact) mass is 268 g/mol. The summed E-state index contributed by atoms with van der Waals surface area (Å²) in [5.41, 5.74) is 7.56. The fraction of sp³-hybridized carbons (Fsp3) is 0.600. The van der Waals surface area contributed by atoms with Gasteiger partial charge in [0.25, 0.3) is 0 Å². The number of nitrogens with two attached hydrogens (primary N) is 1. The van der Waals surface area contributed by atoms with Crippen molar-refractivity contribution in [3.8, 4) is 0 Å². The quantitative estimate of drug-likeness (QED) is 0.849. The Bertz CT molecular complexity index is 357.